The summed E-state index contributed by atoms with van der Waals surface area (Å²) in [7, 11) is 0. The molecule has 0 saturated heterocycles. The van der Waals surface area contributed by atoms with Gasteiger partial charge in [0.15, 0.2) is 0 Å². The maximum absolute atomic E-state index is 5.57. The first-order valence-corrected chi connectivity index (χ1v) is 6.34. The van der Waals surface area contributed by atoms with Crippen molar-refractivity contribution in [3.05, 3.63) is 18.2 Å². The lowest BCUT2D eigenvalue weighted by Crippen LogP contribution is -2.04. The Bertz CT molecular complexity index is 418. The number of hydrogen-bond donors (Lipinski definition) is 1. The molecule has 0 heterocycles. The van der Waals surface area contributed by atoms with Crippen LogP contribution in [0.2, 0.25) is 0 Å². The lowest BCUT2D eigenvalue weighted by molar-refractivity contribution is 0.332. The van der Waals surface area contributed by atoms with Gasteiger partial charge < -0.3 is 14.8 Å². The topological polar surface area (TPSA) is 30.5 Å². The van der Waals surface area contributed by atoms with Crippen molar-refractivity contribution < 1.29 is 9.47 Å². The molecule has 1 rings (SSSR count). The van der Waals surface area contributed by atoms with E-state index in [1.165, 1.54) is 0 Å². The second-order valence-corrected chi connectivity index (χ2v) is 3.63. The Morgan fingerprint density at radius 2 is 1.94 bits per heavy atom. The Balaban J connectivity index is 2.73. The first-order chi connectivity index (χ1) is 8.81. The van der Waals surface area contributed by atoms with Gasteiger partial charge in [0.1, 0.15) is 11.5 Å². The summed E-state index contributed by atoms with van der Waals surface area (Å²) >= 11 is 0. The van der Waals surface area contributed by atoms with Crippen LogP contribution in [0.15, 0.2) is 18.2 Å². The van der Waals surface area contributed by atoms with Crippen molar-refractivity contribution in [2.24, 2.45) is 0 Å². The number of benzene rings is 1. The van der Waals surface area contributed by atoms with Crippen LogP contribution in [-0.2, 0) is 0 Å². The zero-order valence-electron chi connectivity index (χ0n) is 11.4. The Hall–Kier alpha value is -1.82. The Kier molecular flexibility index (Phi) is 6.56. The highest BCUT2D eigenvalue weighted by atomic mass is 16.5. The van der Waals surface area contributed by atoms with E-state index in [0.29, 0.717) is 13.2 Å². The molecule has 0 unspecified atom stereocenters. The third kappa shape index (κ3) is 4.58. The average molecular weight is 247 g/mol. The number of nitrogens with one attached hydrogen (secondary N) is 1. The van der Waals surface area contributed by atoms with E-state index in [2.05, 4.69) is 17.2 Å². The zero-order valence-corrected chi connectivity index (χ0v) is 11.4. The third-order valence-electron chi connectivity index (χ3n) is 2.30. The molecule has 0 aliphatic carbocycles. The van der Waals surface area contributed by atoms with E-state index in [0.717, 1.165) is 30.2 Å². The van der Waals surface area contributed by atoms with Gasteiger partial charge in [-0.2, -0.15) is 0 Å². The average Bonchev–Trinajstić information content (AvgIpc) is 2.38. The van der Waals surface area contributed by atoms with Gasteiger partial charge in [-0.1, -0.05) is 0 Å². The van der Waals surface area contributed by atoms with Crippen molar-refractivity contribution in [1.82, 2.24) is 0 Å². The molecule has 3 heteroatoms. The molecule has 0 amide bonds. The molecule has 0 aliphatic rings. The largest absolute Gasteiger partial charge is 0.494 e. The van der Waals surface area contributed by atoms with Crippen molar-refractivity contribution in [1.29, 1.82) is 0 Å². The molecule has 3 nitrogen and oxygen atoms in total. The normalized spacial score (nSPS) is 9.28. The van der Waals surface area contributed by atoms with E-state index < -0.39 is 0 Å². The molecule has 0 bridgehead atoms. The summed E-state index contributed by atoms with van der Waals surface area (Å²) in [5.74, 6) is 7.61. The first-order valence-electron chi connectivity index (χ1n) is 6.34. The molecule has 0 aliphatic heterocycles. The minimum Gasteiger partial charge on any atom is -0.494 e. The van der Waals surface area contributed by atoms with Crippen molar-refractivity contribution >= 4 is 5.69 Å². The van der Waals surface area contributed by atoms with Gasteiger partial charge in [0.25, 0.3) is 0 Å². The standard InChI is InChI=1S/C15H21NO2/c1-4-7-8-11-16-14-12-13(17-5-2)9-10-15(14)18-6-3/h9-10,12,16H,5-6,8,11H2,1-3H3. The fourth-order valence-corrected chi connectivity index (χ4v) is 1.57. The molecule has 98 valence electrons. The molecule has 0 aromatic heterocycles. The fraction of sp³-hybridized carbons (Fsp3) is 0.467. The highest BCUT2D eigenvalue weighted by Gasteiger charge is 2.04. The van der Waals surface area contributed by atoms with Crippen molar-refractivity contribution in [3.63, 3.8) is 0 Å². The molecular weight excluding hydrogens is 226 g/mol. The monoisotopic (exact) mass is 247 g/mol. The van der Waals surface area contributed by atoms with E-state index in [-0.39, 0.29) is 0 Å². The van der Waals surface area contributed by atoms with Crippen LogP contribution in [-0.4, -0.2) is 19.8 Å². The fourth-order valence-electron chi connectivity index (χ4n) is 1.57. The quantitative estimate of drug-likeness (QED) is 0.592. The Morgan fingerprint density at radius 1 is 1.17 bits per heavy atom. The van der Waals surface area contributed by atoms with Crippen LogP contribution in [0.1, 0.15) is 27.2 Å². The van der Waals surface area contributed by atoms with E-state index in [4.69, 9.17) is 9.47 Å². The summed E-state index contributed by atoms with van der Waals surface area (Å²) in [6, 6.07) is 5.82. The summed E-state index contributed by atoms with van der Waals surface area (Å²) < 4.78 is 11.1. The minimum absolute atomic E-state index is 0.650. The van der Waals surface area contributed by atoms with Crippen LogP contribution in [0.25, 0.3) is 0 Å². The highest BCUT2D eigenvalue weighted by molar-refractivity contribution is 5.59. The number of rotatable bonds is 7. The SMILES string of the molecule is CC#CCCNc1cc(OCC)ccc1OCC. The number of anilines is 1. The molecule has 1 N–H and O–H groups in total. The maximum atomic E-state index is 5.57. The summed E-state index contributed by atoms with van der Waals surface area (Å²) in [5, 5.41) is 3.32. The minimum atomic E-state index is 0.650. The molecule has 0 radical (unpaired) electrons. The summed E-state index contributed by atoms with van der Waals surface area (Å²) in [6.07, 6.45) is 0.820. The molecule has 0 fully saturated rings. The first kappa shape index (κ1) is 14.2. The van der Waals surface area contributed by atoms with Gasteiger partial charge in [-0.15, -0.1) is 11.8 Å². The predicted molar refractivity (Wildman–Crippen MR) is 75.3 cm³/mol. The smallest absolute Gasteiger partial charge is 0.142 e. The zero-order chi connectivity index (χ0) is 13.2. The highest BCUT2D eigenvalue weighted by Crippen LogP contribution is 2.29. The van der Waals surface area contributed by atoms with Crippen LogP contribution in [0.3, 0.4) is 0 Å². The predicted octanol–water partition coefficient (Wildman–Crippen LogP) is 3.31. The molecule has 0 saturated carbocycles. The molecule has 0 atom stereocenters. The van der Waals surface area contributed by atoms with E-state index in [1.54, 1.807) is 0 Å². The van der Waals surface area contributed by atoms with Crippen molar-refractivity contribution in [3.8, 4) is 23.3 Å². The van der Waals surface area contributed by atoms with Gasteiger partial charge in [0, 0.05) is 19.0 Å². The van der Waals surface area contributed by atoms with Crippen LogP contribution < -0.4 is 14.8 Å². The van der Waals surface area contributed by atoms with Crippen molar-refractivity contribution in [2.75, 3.05) is 25.1 Å². The van der Waals surface area contributed by atoms with E-state index in [1.807, 2.05) is 39.0 Å². The summed E-state index contributed by atoms with van der Waals surface area (Å²) in [4.78, 5) is 0. The van der Waals surface area contributed by atoms with Crippen LogP contribution in [0.5, 0.6) is 11.5 Å². The van der Waals surface area contributed by atoms with Gasteiger partial charge >= 0.3 is 0 Å². The molecular formula is C15H21NO2. The lowest BCUT2D eigenvalue weighted by atomic mass is 10.2. The maximum Gasteiger partial charge on any atom is 0.142 e. The lowest BCUT2D eigenvalue weighted by Gasteiger charge is -2.13. The van der Waals surface area contributed by atoms with E-state index >= 15 is 0 Å². The second kappa shape index (κ2) is 8.30. The number of ether oxygens (including phenoxy) is 2. The Morgan fingerprint density at radius 3 is 2.61 bits per heavy atom. The van der Waals surface area contributed by atoms with Crippen LogP contribution >= 0.6 is 0 Å². The van der Waals surface area contributed by atoms with Gasteiger partial charge in [-0.05, 0) is 32.9 Å². The molecule has 1 aromatic carbocycles. The van der Waals surface area contributed by atoms with Gasteiger partial charge in [-0.25, -0.2) is 0 Å². The van der Waals surface area contributed by atoms with Crippen molar-refractivity contribution in [2.45, 2.75) is 27.2 Å². The van der Waals surface area contributed by atoms with Gasteiger partial charge in [-0.3, -0.25) is 0 Å². The molecule has 1 aromatic rings. The second-order valence-electron chi connectivity index (χ2n) is 3.63. The molecule has 18 heavy (non-hydrogen) atoms. The summed E-state index contributed by atoms with van der Waals surface area (Å²) in [5.41, 5.74) is 0.959. The molecule has 0 spiro atoms. The van der Waals surface area contributed by atoms with Gasteiger partial charge in [0.05, 0.1) is 18.9 Å². The van der Waals surface area contributed by atoms with E-state index in [9.17, 15) is 0 Å². The Labute approximate surface area is 109 Å². The van der Waals surface area contributed by atoms with Gasteiger partial charge in [0.2, 0.25) is 0 Å². The third-order valence-corrected chi connectivity index (χ3v) is 2.30. The van der Waals surface area contributed by atoms with Crippen LogP contribution in [0.4, 0.5) is 5.69 Å². The number of hydrogen-bond acceptors (Lipinski definition) is 3. The summed E-state index contributed by atoms with van der Waals surface area (Å²) in [6.45, 7) is 7.91. The van der Waals surface area contributed by atoms with Crippen LogP contribution in [0, 0.1) is 11.8 Å².